The van der Waals surface area contributed by atoms with Gasteiger partial charge in [-0.15, -0.1) is 0 Å². The van der Waals surface area contributed by atoms with Gasteiger partial charge in [0.2, 0.25) is 0 Å². The van der Waals surface area contributed by atoms with Gasteiger partial charge in [0.05, 0.1) is 19.3 Å². The van der Waals surface area contributed by atoms with Gasteiger partial charge >= 0.3 is 0 Å². The maximum absolute atomic E-state index is 9.95. The molecule has 1 saturated heterocycles. The molecule has 21 heavy (non-hydrogen) atoms. The second kappa shape index (κ2) is 7.91. The lowest BCUT2D eigenvalue weighted by Gasteiger charge is -2.49. The van der Waals surface area contributed by atoms with Crippen LogP contribution in [0, 0.1) is 0 Å². The zero-order valence-corrected chi connectivity index (χ0v) is 14.1. The van der Waals surface area contributed by atoms with Crippen molar-refractivity contribution in [3.05, 3.63) is 0 Å². The van der Waals surface area contributed by atoms with Gasteiger partial charge in [-0.1, -0.05) is 13.8 Å². The van der Waals surface area contributed by atoms with Gasteiger partial charge in [-0.05, 0) is 52.0 Å². The van der Waals surface area contributed by atoms with Crippen molar-refractivity contribution in [3.63, 3.8) is 0 Å². The summed E-state index contributed by atoms with van der Waals surface area (Å²) in [5.41, 5.74) is -0.0568. The molecule has 0 aromatic carbocycles. The molecular weight excluding hydrogens is 264 g/mol. The summed E-state index contributed by atoms with van der Waals surface area (Å²) >= 11 is 0. The van der Waals surface area contributed by atoms with Gasteiger partial charge in [-0.2, -0.15) is 0 Å². The van der Waals surface area contributed by atoms with Gasteiger partial charge in [-0.3, -0.25) is 4.90 Å². The van der Waals surface area contributed by atoms with Crippen LogP contribution in [0.1, 0.15) is 59.3 Å². The second-order valence-electron chi connectivity index (χ2n) is 7.02. The molecule has 1 aliphatic heterocycles. The van der Waals surface area contributed by atoms with E-state index < -0.39 is 0 Å². The van der Waals surface area contributed by atoms with E-state index in [1.54, 1.807) is 0 Å². The molecule has 4 unspecified atom stereocenters. The highest BCUT2D eigenvalue weighted by atomic mass is 16.5. The lowest BCUT2D eigenvalue weighted by molar-refractivity contribution is -0.0852. The maximum Gasteiger partial charge on any atom is 0.0674 e. The minimum atomic E-state index is -0.0568. The van der Waals surface area contributed by atoms with E-state index in [1.807, 2.05) is 0 Å². The van der Waals surface area contributed by atoms with Gasteiger partial charge in [-0.25, -0.2) is 0 Å². The van der Waals surface area contributed by atoms with Crippen molar-refractivity contribution in [2.24, 2.45) is 0 Å². The van der Waals surface area contributed by atoms with E-state index in [1.165, 1.54) is 12.8 Å². The second-order valence-corrected chi connectivity index (χ2v) is 7.02. The molecule has 1 saturated carbocycles. The fraction of sp³-hybridized carbons (Fsp3) is 1.00. The van der Waals surface area contributed by atoms with Crippen molar-refractivity contribution in [2.45, 2.75) is 83.0 Å². The first kappa shape index (κ1) is 17.2. The van der Waals surface area contributed by atoms with Gasteiger partial charge in [0.15, 0.2) is 0 Å². The zero-order valence-electron chi connectivity index (χ0n) is 14.1. The Labute approximate surface area is 130 Å². The number of ether oxygens (including phenoxy) is 1. The van der Waals surface area contributed by atoms with Gasteiger partial charge in [0, 0.05) is 24.2 Å². The summed E-state index contributed by atoms with van der Waals surface area (Å²) in [6.45, 7) is 9.80. The average Bonchev–Trinajstić information content (AvgIpc) is 2.53. The van der Waals surface area contributed by atoms with Crippen LogP contribution in [0.3, 0.4) is 0 Å². The molecular formula is C17H34N2O2. The smallest absolute Gasteiger partial charge is 0.0674 e. The van der Waals surface area contributed by atoms with Gasteiger partial charge in [0.25, 0.3) is 0 Å². The number of aliphatic hydroxyl groups excluding tert-OH is 1. The lowest BCUT2D eigenvalue weighted by Crippen LogP contribution is -2.60. The molecule has 0 aromatic rings. The maximum atomic E-state index is 9.95. The third-order valence-electron chi connectivity index (χ3n) is 5.32. The summed E-state index contributed by atoms with van der Waals surface area (Å²) in [5.74, 6) is 0. The fourth-order valence-corrected chi connectivity index (χ4v) is 4.03. The van der Waals surface area contributed by atoms with Crippen molar-refractivity contribution in [2.75, 3.05) is 26.3 Å². The summed E-state index contributed by atoms with van der Waals surface area (Å²) in [4.78, 5) is 2.67. The topological polar surface area (TPSA) is 44.7 Å². The Morgan fingerprint density at radius 3 is 2.86 bits per heavy atom. The number of nitrogens with one attached hydrogen (secondary N) is 1. The van der Waals surface area contributed by atoms with Crippen LogP contribution in [0.4, 0.5) is 0 Å². The molecule has 0 spiro atoms. The standard InChI is InChI=1S/C17H34N2O2/c1-4-9-18-17(13-20)8-6-7-16(10-17)19-11-14(3)21-12-15(19)5-2/h14-16,18,20H,4-13H2,1-3H3. The monoisotopic (exact) mass is 298 g/mol. The van der Waals surface area contributed by atoms with Crippen LogP contribution in [0.2, 0.25) is 0 Å². The van der Waals surface area contributed by atoms with Crippen LogP contribution in [0.25, 0.3) is 0 Å². The molecule has 124 valence electrons. The van der Waals surface area contributed by atoms with Crippen molar-refractivity contribution < 1.29 is 9.84 Å². The van der Waals surface area contributed by atoms with Crippen LogP contribution in [-0.4, -0.2) is 60.0 Å². The molecule has 1 heterocycles. The van der Waals surface area contributed by atoms with E-state index >= 15 is 0 Å². The predicted molar refractivity (Wildman–Crippen MR) is 86.6 cm³/mol. The van der Waals surface area contributed by atoms with Crippen LogP contribution in [-0.2, 0) is 4.74 Å². The summed E-state index contributed by atoms with van der Waals surface area (Å²) in [7, 11) is 0. The van der Waals surface area contributed by atoms with Crippen LogP contribution in [0.15, 0.2) is 0 Å². The summed E-state index contributed by atoms with van der Waals surface area (Å²) < 4.78 is 5.84. The van der Waals surface area contributed by atoms with Crippen molar-refractivity contribution in [3.8, 4) is 0 Å². The molecule has 1 aliphatic carbocycles. The molecule has 4 atom stereocenters. The molecule has 2 rings (SSSR count). The number of aliphatic hydroxyl groups is 1. The predicted octanol–water partition coefficient (Wildman–Crippen LogP) is 2.16. The first-order valence-corrected chi connectivity index (χ1v) is 8.87. The Morgan fingerprint density at radius 2 is 2.19 bits per heavy atom. The minimum absolute atomic E-state index is 0.0568. The Hall–Kier alpha value is -0.160. The van der Waals surface area contributed by atoms with Crippen LogP contribution >= 0.6 is 0 Å². The Morgan fingerprint density at radius 1 is 1.38 bits per heavy atom. The largest absolute Gasteiger partial charge is 0.394 e. The van der Waals surface area contributed by atoms with E-state index in [-0.39, 0.29) is 12.1 Å². The van der Waals surface area contributed by atoms with E-state index in [9.17, 15) is 5.11 Å². The minimum Gasteiger partial charge on any atom is -0.394 e. The highest BCUT2D eigenvalue weighted by Gasteiger charge is 2.40. The number of morpholine rings is 1. The fourth-order valence-electron chi connectivity index (χ4n) is 4.03. The first-order valence-electron chi connectivity index (χ1n) is 8.87. The summed E-state index contributed by atoms with van der Waals surface area (Å²) in [6.07, 6.45) is 7.27. The van der Waals surface area contributed by atoms with E-state index in [0.29, 0.717) is 18.2 Å². The van der Waals surface area contributed by atoms with Crippen molar-refractivity contribution >= 4 is 0 Å². The van der Waals surface area contributed by atoms with E-state index in [0.717, 1.165) is 45.4 Å². The molecule has 0 bridgehead atoms. The molecule has 4 nitrogen and oxygen atoms in total. The highest BCUT2D eigenvalue weighted by Crippen LogP contribution is 2.33. The Kier molecular flexibility index (Phi) is 6.48. The molecule has 2 fully saturated rings. The van der Waals surface area contributed by atoms with Gasteiger partial charge < -0.3 is 15.2 Å². The quantitative estimate of drug-likeness (QED) is 0.789. The Bertz CT molecular complexity index is 313. The van der Waals surface area contributed by atoms with Crippen molar-refractivity contribution in [1.82, 2.24) is 10.2 Å². The average molecular weight is 298 g/mol. The van der Waals surface area contributed by atoms with E-state index in [2.05, 4.69) is 31.0 Å². The van der Waals surface area contributed by atoms with Crippen LogP contribution < -0.4 is 5.32 Å². The third-order valence-corrected chi connectivity index (χ3v) is 5.32. The molecule has 2 aliphatic rings. The van der Waals surface area contributed by atoms with Gasteiger partial charge in [0.1, 0.15) is 0 Å². The molecule has 4 heteroatoms. The summed E-state index contributed by atoms with van der Waals surface area (Å²) in [6, 6.07) is 1.14. The third kappa shape index (κ3) is 4.19. The lowest BCUT2D eigenvalue weighted by atomic mass is 9.78. The van der Waals surface area contributed by atoms with E-state index in [4.69, 9.17) is 4.74 Å². The number of hydrogen-bond donors (Lipinski definition) is 2. The molecule has 0 radical (unpaired) electrons. The normalized spacial score (nSPS) is 38.6. The highest BCUT2D eigenvalue weighted by molar-refractivity contribution is 4.98. The molecule has 2 N–H and O–H groups in total. The summed E-state index contributed by atoms with van der Waals surface area (Å²) in [5, 5.41) is 13.6. The molecule has 0 amide bonds. The first-order chi connectivity index (χ1) is 10.1. The molecule has 0 aromatic heterocycles. The van der Waals surface area contributed by atoms with Crippen LogP contribution in [0.5, 0.6) is 0 Å². The SMILES string of the molecule is CCCNC1(CO)CCCC(N2CC(C)OCC2CC)C1. The number of nitrogens with zero attached hydrogens (tertiary/aromatic N) is 1. The Balaban J connectivity index is 2.04. The number of hydrogen-bond acceptors (Lipinski definition) is 4. The number of rotatable bonds is 6. The zero-order chi connectivity index (χ0) is 15.3. The van der Waals surface area contributed by atoms with Crippen molar-refractivity contribution in [1.29, 1.82) is 0 Å².